The van der Waals surface area contributed by atoms with Crippen molar-refractivity contribution in [1.82, 2.24) is 4.57 Å². The van der Waals surface area contributed by atoms with Crippen LogP contribution in [0.15, 0.2) is 9.21 Å². The third-order valence-electron chi connectivity index (χ3n) is 4.78. The van der Waals surface area contributed by atoms with Crippen LogP contribution >= 0.6 is 0 Å². The lowest BCUT2D eigenvalue weighted by atomic mass is 9.53. The lowest BCUT2D eigenvalue weighted by molar-refractivity contribution is 0.298. The van der Waals surface area contributed by atoms with Gasteiger partial charge in [-0.25, -0.2) is 4.79 Å². The fraction of sp³-hybridized carbons (Fsp3) is 0.800. The van der Waals surface area contributed by atoms with Gasteiger partial charge in [0.15, 0.2) is 0 Å². The predicted molar refractivity (Wildman–Crippen MR) is 78.0 cm³/mol. The maximum Gasteiger partial charge on any atom is 0.419 e. The van der Waals surface area contributed by atoms with Gasteiger partial charge in [0.25, 0.3) is 0 Å². The van der Waals surface area contributed by atoms with E-state index < -0.39 is 0 Å². The highest BCUT2D eigenvalue weighted by Gasteiger charge is 2.40. The Kier molecular flexibility index (Phi) is 3.72. The molecule has 2 radical (unpaired) electrons. The number of hydrogen-bond donors (Lipinski definition) is 0. The fourth-order valence-electron chi connectivity index (χ4n) is 3.35. The summed E-state index contributed by atoms with van der Waals surface area (Å²) in [5.41, 5.74) is 1.06. The van der Waals surface area contributed by atoms with Gasteiger partial charge in [-0.1, -0.05) is 32.5 Å². The average molecular weight is 261 g/mol. The zero-order valence-corrected chi connectivity index (χ0v) is 12.7. The van der Waals surface area contributed by atoms with E-state index in [1.165, 1.54) is 0 Å². The van der Waals surface area contributed by atoms with Crippen molar-refractivity contribution in [2.24, 2.45) is 5.92 Å². The van der Waals surface area contributed by atoms with Crippen molar-refractivity contribution in [3.05, 3.63) is 22.0 Å². The molecule has 0 aromatic carbocycles. The van der Waals surface area contributed by atoms with E-state index in [1.54, 1.807) is 4.57 Å². The van der Waals surface area contributed by atoms with Gasteiger partial charge in [0.2, 0.25) is 0 Å². The Labute approximate surface area is 116 Å². The summed E-state index contributed by atoms with van der Waals surface area (Å²) in [7, 11) is 6.62. The van der Waals surface area contributed by atoms with Gasteiger partial charge in [0, 0.05) is 12.0 Å². The number of hydrogen-bond acceptors (Lipinski definition) is 2. The standard InChI is InChI=1S/C15H24BNO2/c1-9(2)15(16)8-6-7-12-13(11(15)5)19-14(18)17(12)10(3)4/h9-11H,6-8H2,1-5H3. The topological polar surface area (TPSA) is 35.1 Å². The van der Waals surface area contributed by atoms with Crippen molar-refractivity contribution < 1.29 is 4.42 Å². The second-order valence-corrected chi connectivity index (χ2v) is 6.48. The van der Waals surface area contributed by atoms with Gasteiger partial charge in [0.1, 0.15) is 5.76 Å². The van der Waals surface area contributed by atoms with Gasteiger partial charge in [-0.05, 0) is 32.6 Å². The van der Waals surface area contributed by atoms with E-state index in [2.05, 4.69) is 20.8 Å². The van der Waals surface area contributed by atoms with Crippen LogP contribution in [0.2, 0.25) is 5.31 Å². The second kappa shape index (κ2) is 4.88. The monoisotopic (exact) mass is 261 g/mol. The summed E-state index contributed by atoms with van der Waals surface area (Å²) in [6.45, 7) is 10.4. The molecule has 0 amide bonds. The molecule has 3 nitrogen and oxygen atoms in total. The molecule has 0 aliphatic heterocycles. The van der Waals surface area contributed by atoms with E-state index in [4.69, 9.17) is 12.3 Å². The molecular formula is C15H24BNO2. The summed E-state index contributed by atoms with van der Waals surface area (Å²) in [5.74, 6) is 1.02. The van der Waals surface area contributed by atoms with Gasteiger partial charge in [-0.3, -0.25) is 4.57 Å². The van der Waals surface area contributed by atoms with Gasteiger partial charge in [0.05, 0.1) is 13.5 Å². The minimum Gasteiger partial charge on any atom is -0.412 e. The SMILES string of the molecule is [B]C1(C(C)C)CCCc2c(oc(=O)n2C(C)C)C1C. The number of nitrogens with zero attached hydrogens (tertiary/aromatic N) is 1. The Morgan fingerprint density at radius 1 is 1.37 bits per heavy atom. The smallest absolute Gasteiger partial charge is 0.412 e. The molecule has 2 unspecified atom stereocenters. The van der Waals surface area contributed by atoms with Gasteiger partial charge in [-0.15, -0.1) is 0 Å². The second-order valence-electron chi connectivity index (χ2n) is 6.48. The summed E-state index contributed by atoms with van der Waals surface area (Å²) in [6, 6.07) is 0.136. The van der Waals surface area contributed by atoms with Gasteiger partial charge in [-0.2, -0.15) is 0 Å². The van der Waals surface area contributed by atoms with Crippen molar-refractivity contribution in [3.63, 3.8) is 0 Å². The number of fused-ring (bicyclic) bond motifs is 1. The van der Waals surface area contributed by atoms with E-state index in [0.29, 0.717) is 5.92 Å². The van der Waals surface area contributed by atoms with Crippen LogP contribution < -0.4 is 5.76 Å². The Bertz CT molecular complexity index is 515. The molecule has 0 saturated heterocycles. The van der Waals surface area contributed by atoms with Crippen molar-refractivity contribution in [2.45, 2.75) is 71.2 Å². The molecular weight excluding hydrogens is 237 g/mol. The molecule has 4 heteroatoms. The average Bonchev–Trinajstić information content (AvgIpc) is 2.58. The molecule has 0 spiro atoms. The molecule has 1 aromatic rings. The van der Waals surface area contributed by atoms with Crippen molar-refractivity contribution in [3.8, 4) is 0 Å². The van der Waals surface area contributed by atoms with E-state index in [-0.39, 0.29) is 23.0 Å². The zero-order chi connectivity index (χ0) is 14.4. The molecule has 2 rings (SSSR count). The first-order valence-electron chi connectivity index (χ1n) is 7.32. The highest BCUT2D eigenvalue weighted by molar-refractivity contribution is 6.16. The van der Waals surface area contributed by atoms with Crippen LogP contribution in [0.25, 0.3) is 0 Å². The first-order chi connectivity index (χ1) is 8.79. The molecule has 104 valence electrons. The van der Waals surface area contributed by atoms with Gasteiger partial charge < -0.3 is 4.42 Å². The highest BCUT2D eigenvalue weighted by atomic mass is 16.4. The molecule has 0 bridgehead atoms. The lowest BCUT2D eigenvalue weighted by Crippen LogP contribution is -2.25. The number of rotatable bonds is 2. The van der Waals surface area contributed by atoms with Crippen LogP contribution in [0, 0.1) is 5.92 Å². The largest absolute Gasteiger partial charge is 0.419 e. The van der Waals surface area contributed by atoms with Crippen molar-refractivity contribution in [1.29, 1.82) is 0 Å². The number of oxazole rings is 1. The molecule has 0 fully saturated rings. The first kappa shape index (κ1) is 14.5. The summed E-state index contributed by atoms with van der Waals surface area (Å²) in [4.78, 5) is 12.0. The molecule has 1 aliphatic carbocycles. The highest BCUT2D eigenvalue weighted by Crippen LogP contribution is 2.52. The fourth-order valence-corrected chi connectivity index (χ4v) is 3.35. The van der Waals surface area contributed by atoms with Crippen LogP contribution in [0.5, 0.6) is 0 Å². The molecule has 1 aliphatic rings. The molecule has 0 N–H and O–H groups in total. The molecule has 0 saturated carbocycles. The normalized spacial score (nSPS) is 27.6. The molecule has 1 heterocycles. The Morgan fingerprint density at radius 2 is 2.00 bits per heavy atom. The Hall–Kier alpha value is -0.925. The molecule has 2 atom stereocenters. The summed E-state index contributed by atoms with van der Waals surface area (Å²) in [5, 5.41) is -0.287. The van der Waals surface area contributed by atoms with Crippen LogP contribution in [0.4, 0.5) is 0 Å². The van der Waals surface area contributed by atoms with E-state index >= 15 is 0 Å². The van der Waals surface area contributed by atoms with Crippen molar-refractivity contribution in [2.75, 3.05) is 0 Å². The number of aromatic nitrogens is 1. The maximum absolute atomic E-state index is 12.0. The minimum absolute atomic E-state index is 0.0812. The third-order valence-corrected chi connectivity index (χ3v) is 4.78. The predicted octanol–water partition coefficient (Wildman–Crippen LogP) is 3.45. The summed E-state index contributed by atoms with van der Waals surface area (Å²) in [6.07, 6.45) is 2.87. The van der Waals surface area contributed by atoms with E-state index in [1.807, 2.05) is 13.8 Å². The lowest BCUT2D eigenvalue weighted by Gasteiger charge is -2.38. The molecule has 1 aromatic heterocycles. The summed E-state index contributed by atoms with van der Waals surface area (Å²) >= 11 is 0. The van der Waals surface area contributed by atoms with E-state index in [0.717, 1.165) is 30.7 Å². The quantitative estimate of drug-likeness (QED) is 0.603. The maximum atomic E-state index is 12.0. The van der Waals surface area contributed by atoms with E-state index in [9.17, 15) is 4.79 Å². The first-order valence-corrected chi connectivity index (χ1v) is 7.32. The minimum atomic E-state index is -0.287. The molecule has 19 heavy (non-hydrogen) atoms. The van der Waals surface area contributed by atoms with Crippen LogP contribution in [0.3, 0.4) is 0 Å². The third kappa shape index (κ3) is 2.19. The summed E-state index contributed by atoms with van der Waals surface area (Å²) < 4.78 is 7.35. The van der Waals surface area contributed by atoms with Gasteiger partial charge >= 0.3 is 5.76 Å². The zero-order valence-electron chi connectivity index (χ0n) is 12.7. The van der Waals surface area contributed by atoms with Crippen LogP contribution in [-0.4, -0.2) is 12.4 Å². The van der Waals surface area contributed by atoms with Crippen molar-refractivity contribution >= 4 is 7.85 Å². The van der Waals surface area contributed by atoms with Crippen LogP contribution in [0.1, 0.15) is 70.9 Å². The Morgan fingerprint density at radius 3 is 2.53 bits per heavy atom. The van der Waals surface area contributed by atoms with Crippen LogP contribution in [-0.2, 0) is 6.42 Å². The Balaban J connectivity index is 2.57.